The van der Waals surface area contributed by atoms with E-state index in [1.807, 2.05) is 11.9 Å². The Bertz CT molecular complexity index is 259. The summed E-state index contributed by atoms with van der Waals surface area (Å²) in [7, 11) is 1.96. The third-order valence-corrected chi connectivity index (χ3v) is 4.33. The summed E-state index contributed by atoms with van der Waals surface area (Å²) < 4.78 is 0. The highest BCUT2D eigenvalue weighted by Crippen LogP contribution is 2.35. The molecule has 16 heavy (non-hydrogen) atoms. The lowest BCUT2D eigenvalue weighted by Crippen LogP contribution is -2.43. The monoisotopic (exact) mass is 224 g/mol. The van der Waals surface area contributed by atoms with Crippen LogP contribution in [0.4, 0.5) is 0 Å². The number of rotatable bonds is 3. The van der Waals surface area contributed by atoms with Gasteiger partial charge >= 0.3 is 0 Å². The van der Waals surface area contributed by atoms with Crippen molar-refractivity contribution >= 4 is 5.91 Å². The predicted octanol–water partition coefficient (Wildman–Crippen LogP) is 1.76. The third kappa shape index (κ3) is 2.57. The number of hydrogen-bond donors (Lipinski definition) is 1. The Kier molecular flexibility index (Phi) is 3.53. The van der Waals surface area contributed by atoms with Gasteiger partial charge in [-0.25, -0.2) is 0 Å². The van der Waals surface area contributed by atoms with Crippen molar-refractivity contribution in [1.29, 1.82) is 0 Å². The molecule has 92 valence electrons. The first-order valence-corrected chi connectivity index (χ1v) is 6.62. The summed E-state index contributed by atoms with van der Waals surface area (Å²) in [5.74, 6) is 1.27. The molecule has 0 aromatic carbocycles. The third-order valence-electron chi connectivity index (χ3n) is 4.33. The van der Waals surface area contributed by atoms with Crippen molar-refractivity contribution < 1.29 is 4.79 Å². The molecule has 0 aromatic heterocycles. The zero-order valence-electron chi connectivity index (χ0n) is 10.5. The average Bonchev–Trinajstić information content (AvgIpc) is 3.10. The van der Waals surface area contributed by atoms with E-state index < -0.39 is 0 Å². The molecule has 2 rings (SSSR count). The van der Waals surface area contributed by atoms with Crippen molar-refractivity contribution in [2.75, 3.05) is 7.05 Å². The van der Waals surface area contributed by atoms with Gasteiger partial charge in [0.15, 0.2) is 0 Å². The zero-order chi connectivity index (χ0) is 11.7. The Morgan fingerprint density at radius 1 is 1.31 bits per heavy atom. The van der Waals surface area contributed by atoms with Gasteiger partial charge in [-0.3, -0.25) is 4.79 Å². The fourth-order valence-corrected chi connectivity index (χ4v) is 2.84. The van der Waals surface area contributed by atoms with E-state index in [1.165, 1.54) is 12.8 Å². The fraction of sp³-hybridized carbons (Fsp3) is 0.923. The van der Waals surface area contributed by atoms with Gasteiger partial charge in [0.25, 0.3) is 0 Å². The second-order valence-electron chi connectivity index (χ2n) is 5.65. The maximum absolute atomic E-state index is 12.3. The lowest BCUT2D eigenvalue weighted by Gasteiger charge is -2.32. The van der Waals surface area contributed by atoms with Crippen LogP contribution in [0.1, 0.15) is 45.4 Å². The molecule has 2 aliphatic carbocycles. The smallest absolute Gasteiger partial charge is 0.225 e. The molecule has 0 aromatic rings. The Labute approximate surface area is 98.4 Å². The molecule has 0 aliphatic heterocycles. The minimum absolute atomic E-state index is 0.190. The minimum Gasteiger partial charge on any atom is -0.343 e. The summed E-state index contributed by atoms with van der Waals surface area (Å²) in [6, 6.07) is 0.665. The first kappa shape index (κ1) is 11.9. The van der Waals surface area contributed by atoms with Crippen LogP contribution in [-0.4, -0.2) is 29.9 Å². The van der Waals surface area contributed by atoms with Crippen LogP contribution < -0.4 is 5.73 Å². The van der Waals surface area contributed by atoms with Crippen LogP contribution in [0.2, 0.25) is 0 Å². The number of hydrogen-bond acceptors (Lipinski definition) is 2. The molecule has 2 fully saturated rings. The van der Waals surface area contributed by atoms with Crippen molar-refractivity contribution in [3.8, 4) is 0 Å². The summed E-state index contributed by atoms with van der Waals surface area (Å²) >= 11 is 0. The molecule has 3 heteroatoms. The van der Waals surface area contributed by atoms with Gasteiger partial charge in [-0.15, -0.1) is 0 Å². The van der Waals surface area contributed by atoms with Gasteiger partial charge < -0.3 is 10.6 Å². The van der Waals surface area contributed by atoms with Crippen molar-refractivity contribution in [2.24, 2.45) is 17.6 Å². The van der Waals surface area contributed by atoms with Gasteiger partial charge in [0, 0.05) is 25.0 Å². The maximum Gasteiger partial charge on any atom is 0.225 e. The van der Waals surface area contributed by atoms with Crippen molar-refractivity contribution in [2.45, 2.75) is 57.5 Å². The number of carbonyl (C=O) groups excluding carboxylic acids is 1. The number of nitrogens with zero attached hydrogens (tertiary/aromatic N) is 1. The topological polar surface area (TPSA) is 46.3 Å². The zero-order valence-corrected chi connectivity index (χ0v) is 10.5. The first-order chi connectivity index (χ1) is 7.59. The normalized spacial score (nSPS) is 32.2. The Morgan fingerprint density at radius 2 is 2.00 bits per heavy atom. The van der Waals surface area contributed by atoms with E-state index in [4.69, 9.17) is 5.73 Å². The van der Waals surface area contributed by atoms with Crippen LogP contribution in [0.25, 0.3) is 0 Å². The molecule has 0 heterocycles. The summed E-state index contributed by atoms with van der Waals surface area (Å²) in [6.45, 7) is 2.18. The Hall–Kier alpha value is -0.570. The number of nitrogens with two attached hydrogens (primary N) is 1. The minimum atomic E-state index is 0.190. The second kappa shape index (κ2) is 4.74. The highest BCUT2D eigenvalue weighted by Gasteiger charge is 2.35. The van der Waals surface area contributed by atoms with Gasteiger partial charge in [-0.2, -0.15) is 0 Å². The molecule has 3 nitrogen and oxygen atoms in total. The van der Waals surface area contributed by atoms with E-state index in [9.17, 15) is 4.79 Å². The lowest BCUT2D eigenvalue weighted by molar-refractivity contribution is -0.137. The van der Waals surface area contributed by atoms with Gasteiger partial charge in [0.05, 0.1) is 0 Å². The molecule has 2 saturated carbocycles. The van der Waals surface area contributed by atoms with E-state index in [1.54, 1.807) is 0 Å². The molecule has 0 spiro atoms. The number of carbonyl (C=O) groups is 1. The number of amides is 1. The Balaban J connectivity index is 1.89. The van der Waals surface area contributed by atoms with E-state index in [2.05, 4.69) is 6.92 Å². The summed E-state index contributed by atoms with van der Waals surface area (Å²) in [6.07, 6.45) is 6.72. The van der Waals surface area contributed by atoms with E-state index >= 15 is 0 Å². The Morgan fingerprint density at radius 3 is 2.56 bits per heavy atom. The molecule has 0 bridgehead atoms. The summed E-state index contributed by atoms with van der Waals surface area (Å²) in [5.41, 5.74) is 5.94. The van der Waals surface area contributed by atoms with E-state index in [-0.39, 0.29) is 12.0 Å². The molecule has 1 amide bonds. The highest BCUT2D eigenvalue weighted by atomic mass is 16.2. The standard InChI is InChI=1S/C13H24N2O/c1-9(10-6-7-10)15(2)13(16)11-4-3-5-12(14)8-11/h9-12H,3-8,14H2,1-2H3. The van der Waals surface area contributed by atoms with Gasteiger partial charge in [0.1, 0.15) is 0 Å². The predicted molar refractivity (Wildman–Crippen MR) is 64.9 cm³/mol. The molecule has 2 N–H and O–H groups in total. The van der Waals surface area contributed by atoms with Crippen molar-refractivity contribution in [1.82, 2.24) is 4.90 Å². The molecular weight excluding hydrogens is 200 g/mol. The van der Waals surface area contributed by atoms with Crippen LogP contribution in [-0.2, 0) is 4.79 Å². The van der Waals surface area contributed by atoms with Crippen LogP contribution >= 0.6 is 0 Å². The first-order valence-electron chi connectivity index (χ1n) is 6.62. The van der Waals surface area contributed by atoms with E-state index in [0.717, 1.165) is 31.6 Å². The molecule has 3 atom stereocenters. The quantitative estimate of drug-likeness (QED) is 0.794. The maximum atomic E-state index is 12.3. The van der Waals surface area contributed by atoms with Crippen molar-refractivity contribution in [3.05, 3.63) is 0 Å². The summed E-state index contributed by atoms with van der Waals surface area (Å²) in [4.78, 5) is 14.3. The molecular formula is C13H24N2O. The van der Waals surface area contributed by atoms with Crippen LogP contribution in [0.15, 0.2) is 0 Å². The largest absolute Gasteiger partial charge is 0.343 e. The SMILES string of the molecule is CC(C1CC1)N(C)C(=O)C1CCCC(N)C1. The van der Waals surface area contributed by atoms with Crippen LogP contribution in [0.3, 0.4) is 0 Å². The summed E-state index contributed by atoms with van der Waals surface area (Å²) in [5, 5.41) is 0. The van der Waals surface area contributed by atoms with Crippen molar-refractivity contribution in [3.63, 3.8) is 0 Å². The molecule has 0 saturated heterocycles. The average molecular weight is 224 g/mol. The molecule has 0 radical (unpaired) electrons. The second-order valence-corrected chi connectivity index (χ2v) is 5.65. The van der Waals surface area contributed by atoms with Gasteiger partial charge in [0.2, 0.25) is 5.91 Å². The van der Waals surface area contributed by atoms with Crippen LogP contribution in [0, 0.1) is 11.8 Å². The van der Waals surface area contributed by atoms with Gasteiger partial charge in [-0.05, 0) is 44.9 Å². The van der Waals surface area contributed by atoms with Gasteiger partial charge in [-0.1, -0.05) is 6.42 Å². The van der Waals surface area contributed by atoms with Crippen LogP contribution in [0.5, 0.6) is 0 Å². The molecule has 3 unspecified atom stereocenters. The molecule has 2 aliphatic rings. The highest BCUT2D eigenvalue weighted by molar-refractivity contribution is 5.79. The lowest BCUT2D eigenvalue weighted by atomic mass is 9.85. The van der Waals surface area contributed by atoms with E-state index in [0.29, 0.717) is 11.9 Å². The fourth-order valence-electron chi connectivity index (χ4n) is 2.84.